The third-order valence-electron chi connectivity index (χ3n) is 6.38. The zero-order valence-corrected chi connectivity index (χ0v) is 21.2. The highest BCUT2D eigenvalue weighted by Crippen LogP contribution is 2.20. The molecule has 1 aliphatic rings. The fourth-order valence-corrected chi connectivity index (χ4v) is 4.45. The molecule has 2 aromatic carbocycles. The minimum atomic E-state index is -2.00. The first kappa shape index (κ1) is 26.3. The number of aromatic nitrogens is 1. The molecule has 194 valence electrons. The van der Waals surface area contributed by atoms with Gasteiger partial charge in [0.2, 0.25) is 5.72 Å². The number of carbonyl (C=O) groups is 2. The summed E-state index contributed by atoms with van der Waals surface area (Å²) < 4.78 is 5.83. The monoisotopic (exact) mass is 503 g/mol. The van der Waals surface area contributed by atoms with Crippen molar-refractivity contribution in [2.45, 2.75) is 32.7 Å². The molecule has 37 heavy (non-hydrogen) atoms. The topological polar surface area (TPSA) is 121 Å². The molecule has 4 N–H and O–H groups in total. The molecule has 2 heterocycles. The number of hydrogen-bond donors (Lipinski definition) is 3. The zero-order valence-electron chi connectivity index (χ0n) is 21.2. The van der Waals surface area contributed by atoms with Gasteiger partial charge in [-0.3, -0.25) is 24.4 Å². The molecule has 1 unspecified atom stereocenters. The molecule has 3 aromatic rings. The Labute approximate surface area is 216 Å². The van der Waals surface area contributed by atoms with Crippen LogP contribution in [-0.4, -0.2) is 63.7 Å². The molecule has 9 heteroatoms. The van der Waals surface area contributed by atoms with Gasteiger partial charge in [-0.05, 0) is 61.4 Å². The van der Waals surface area contributed by atoms with Crippen molar-refractivity contribution in [3.8, 4) is 5.75 Å². The van der Waals surface area contributed by atoms with Crippen LogP contribution >= 0.6 is 0 Å². The molecule has 0 aliphatic carbocycles. The Morgan fingerprint density at radius 1 is 1.03 bits per heavy atom. The number of primary amides is 1. The predicted octanol–water partition coefficient (Wildman–Crippen LogP) is 1.96. The summed E-state index contributed by atoms with van der Waals surface area (Å²) in [6.07, 6.45) is 0. The number of rotatable bonds is 10. The number of nitrogens with two attached hydrogens (primary N) is 1. The Balaban J connectivity index is 1.31. The van der Waals surface area contributed by atoms with E-state index in [1.54, 1.807) is 29.2 Å². The van der Waals surface area contributed by atoms with E-state index in [2.05, 4.69) is 15.2 Å². The Bertz CT molecular complexity index is 1210. The number of amides is 2. The lowest BCUT2D eigenvalue weighted by molar-refractivity contribution is -0.158. The van der Waals surface area contributed by atoms with Crippen molar-refractivity contribution in [2.24, 2.45) is 5.73 Å². The second-order valence-electron chi connectivity index (χ2n) is 9.38. The van der Waals surface area contributed by atoms with Crippen LogP contribution < -0.4 is 15.8 Å². The number of carbonyl (C=O) groups excluding carboxylic acids is 2. The summed E-state index contributed by atoms with van der Waals surface area (Å²) in [6.45, 7) is 6.10. The second kappa shape index (κ2) is 11.5. The van der Waals surface area contributed by atoms with E-state index in [1.807, 2.05) is 56.3 Å². The van der Waals surface area contributed by atoms with E-state index in [1.165, 1.54) is 0 Å². The molecule has 1 aliphatic heterocycles. The number of nitrogens with zero attached hydrogens (tertiary/aromatic N) is 3. The highest BCUT2D eigenvalue weighted by atomic mass is 16.5. The first-order valence-corrected chi connectivity index (χ1v) is 12.2. The Hall–Kier alpha value is -3.79. The zero-order chi connectivity index (χ0) is 26.4. The Morgan fingerprint density at radius 3 is 2.35 bits per heavy atom. The number of aliphatic hydroxyl groups is 1. The number of pyridine rings is 1. The summed E-state index contributed by atoms with van der Waals surface area (Å²) >= 11 is 0. The van der Waals surface area contributed by atoms with Crippen LogP contribution in [0, 0.1) is 13.8 Å². The normalized spacial score (nSPS) is 15.8. The van der Waals surface area contributed by atoms with Crippen LogP contribution in [0.2, 0.25) is 0 Å². The molecule has 0 spiro atoms. The van der Waals surface area contributed by atoms with Crippen LogP contribution in [0.5, 0.6) is 5.75 Å². The van der Waals surface area contributed by atoms with Gasteiger partial charge >= 0.3 is 0 Å². The maximum absolute atomic E-state index is 12.7. The highest BCUT2D eigenvalue weighted by Gasteiger charge is 2.43. The molecule has 2 amide bonds. The molecular formula is C28H33N5O4. The van der Waals surface area contributed by atoms with Gasteiger partial charge in [0, 0.05) is 36.6 Å². The number of ether oxygens (including phenoxy) is 1. The van der Waals surface area contributed by atoms with E-state index in [9.17, 15) is 14.7 Å². The van der Waals surface area contributed by atoms with Gasteiger partial charge in [0.25, 0.3) is 11.8 Å². The van der Waals surface area contributed by atoms with Gasteiger partial charge < -0.3 is 20.9 Å². The third kappa shape index (κ3) is 6.71. The highest BCUT2D eigenvalue weighted by molar-refractivity contribution is 5.95. The molecule has 0 radical (unpaired) electrons. The molecule has 1 saturated heterocycles. The minimum absolute atomic E-state index is 0.320. The molecule has 9 nitrogen and oxygen atoms in total. The lowest BCUT2D eigenvalue weighted by atomic mass is 10.1. The van der Waals surface area contributed by atoms with Crippen molar-refractivity contribution in [1.82, 2.24) is 20.1 Å². The SMILES string of the molecule is Cc1cc(COc2ccc(C(=O)NCC(O)(C(N)=O)N3CCN(Cc4ccccc4)C3)cc2)cc(C)n1. The minimum Gasteiger partial charge on any atom is -0.489 e. The van der Waals surface area contributed by atoms with Gasteiger partial charge in [-0.1, -0.05) is 30.3 Å². The van der Waals surface area contributed by atoms with Crippen molar-refractivity contribution < 1.29 is 19.4 Å². The van der Waals surface area contributed by atoms with Crippen molar-refractivity contribution in [3.63, 3.8) is 0 Å². The van der Waals surface area contributed by atoms with Gasteiger partial charge in [-0.2, -0.15) is 0 Å². The number of aryl methyl sites for hydroxylation is 2. The maximum Gasteiger partial charge on any atom is 0.266 e. The van der Waals surface area contributed by atoms with Crippen LogP contribution in [-0.2, 0) is 17.9 Å². The van der Waals surface area contributed by atoms with Gasteiger partial charge in [-0.15, -0.1) is 0 Å². The molecule has 0 saturated carbocycles. The summed E-state index contributed by atoms with van der Waals surface area (Å²) in [5.74, 6) is -0.709. The molecule has 1 aromatic heterocycles. The average molecular weight is 504 g/mol. The van der Waals surface area contributed by atoms with Crippen molar-refractivity contribution in [3.05, 3.63) is 94.8 Å². The van der Waals surface area contributed by atoms with E-state index in [-0.39, 0.29) is 6.54 Å². The van der Waals surface area contributed by atoms with Crippen LogP contribution in [0.15, 0.2) is 66.7 Å². The van der Waals surface area contributed by atoms with E-state index in [4.69, 9.17) is 10.5 Å². The fourth-order valence-electron chi connectivity index (χ4n) is 4.45. The number of hydrogen-bond acceptors (Lipinski definition) is 7. The standard InChI is InChI=1S/C28H33N5O4/c1-20-14-23(15-21(2)31-20)17-37-25-10-8-24(9-11-25)26(34)30-18-28(36,27(29)35)33-13-12-32(19-33)16-22-6-4-3-5-7-22/h3-11,14-15,36H,12-13,16-19H2,1-2H3,(H2,29,35)(H,30,34). The molecule has 4 rings (SSSR count). The van der Waals surface area contributed by atoms with Gasteiger partial charge in [-0.25, -0.2) is 0 Å². The molecular weight excluding hydrogens is 470 g/mol. The van der Waals surface area contributed by atoms with Crippen LogP contribution in [0.1, 0.15) is 32.9 Å². The van der Waals surface area contributed by atoms with Gasteiger partial charge in [0.15, 0.2) is 0 Å². The summed E-state index contributed by atoms with van der Waals surface area (Å²) in [5.41, 5.74) is 7.97. The van der Waals surface area contributed by atoms with Gasteiger partial charge in [0.1, 0.15) is 12.4 Å². The molecule has 0 bridgehead atoms. The summed E-state index contributed by atoms with van der Waals surface area (Å²) in [4.78, 5) is 33.1. The van der Waals surface area contributed by atoms with Crippen LogP contribution in [0.3, 0.4) is 0 Å². The summed E-state index contributed by atoms with van der Waals surface area (Å²) in [5, 5.41) is 13.8. The van der Waals surface area contributed by atoms with E-state index < -0.39 is 17.5 Å². The first-order valence-electron chi connectivity index (χ1n) is 12.2. The van der Waals surface area contributed by atoms with E-state index in [0.29, 0.717) is 44.2 Å². The Kier molecular flexibility index (Phi) is 8.17. The van der Waals surface area contributed by atoms with Crippen molar-refractivity contribution in [1.29, 1.82) is 0 Å². The van der Waals surface area contributed by atoms with Gasteiger partial charge in [0.05, 0.1) is 13.2 Å². The summed E-state index contributed by atoms with van der Waals surface area (Å²) in [7, 11) is 0. The second-order valence-corrected chi connectivity index (χ2v) is 9.38. The fraction of sp³-hybridized carbons (Fsp3) is 0.321. The van der Waals surface area contributed by atoms with E-state index >= 15 is 0 Å². The first-order chi connectivity index (χ1) is 17.7. The number of nitrogens with one attached hydrogen (secondary N) is 1. The lowest BCUT2D eigenvalue weighted by Gasteiger charge is -2.34. The largest absolute Gasteiger partial charge is 0.489 e. The number of benzene rings is 2. The summed E-state index contributed by atoms with van der Waals surface area (Å²) in [6, 6.07) is 20.6. The molecule has 1 fully saturated rings. The predicted molar refractivity (Wildman–Crippen MR) is 139 cm³/mol. The van der Waals surface area contributed by atoms with Crippen LogP contribution in [0.4, 0.5) is 0 Å². The van der Waals surface area contributed by atoms with E-state index in [0.717, 1.165) is 22.5 Å². The van der Waals surface area contributed by atoms with Crippen LogP contribution in [0.25, 0.3) is 0 Å². The quantitative estimate of drug-likeness (QED) is 0.387. The maximum atomic E-state index is 12.7. The van der Waals surface area contributed by atoms with Crippen molar-refractivity contribution in [2.75, 3.05) is 26.3 Å². The Morgan fingerprint density at radius 2 is 1.70 bits per heavy atom. The smallest absolute Gasteiger partial charge is 0.266 e. The third-order valence-corrected chi connectivity index (χ3v) is 6.38. The lowest BCUT2D eigenvalue weighted by Crippen LogP contribution is -2.63. The average Bonchev–Trinajstić information content (AvgIpc) is 3.35. The van der Waals surface area contributed by atoms with Crippen molar-refractivity contribution >= 4 is 11.8 Å². The molecule has 1 atom stereocenters.